The van der Waals surface area contributed by atoms with E-state index in [9.17, 15) is 5.11 Å². The number of aliphatic hydroxyl groups is 1. The summed E-state index contributed by atoms with van der Waals surface area (Å²) in [6.45, 7) is 1.18. The Bertz CT molecular complexity index is 516. The van der Waals surface area contributed by atoms with Crippen LogP contribution in [0.2, 0.25) is 0 Å². The van der Waals surface area contributed by atoms with Gasteiger partial charge in [-0.3, -0.25) is 0 Å². The summed E-state index contributed by atoms with van der Waals surface area (Å²) in [6, 6.07) is 10.1. The number of nitrogens with one attached hydrogen (secondary N) is 1. The first-order valence-corrected chi connectivity index (χ1v) is 7.03. The van der Waals surface area contributed by atoms with E-state index in [1.165, 1.54) is 0 Å². The van der Waals surface area contributed by atoms with Crippen molar-refractivity contribution in [2.24, 2.45) is 0 Å². The number of nitrogens with zero attached hydrogens (tertiary/aromatic N) is 2. The Hall–Kier alpha value is -1.76. The molecule has 2 rings (SSSR count). The summed E-state index contributed by atoms with van der Waals surface area (Å²) in [7, 11) is 1.64. The maximum absolute atomic E-state index is 9.19. The summed E-state index contributed by atoms with van der Waals surface area (Å²) < 4.78 is 10.1. The van der Waals surface area contributed by atoms with Gasteiger partial charge in [0.2, 0.25) is 5.89 Å². The van der Waals surface area contributed by atoms with Gasteiger partial charge in [0, 0.05) is 19.8 Å². The van der Waals surface area contributed by atoms with Crippen LogP contribution in [-0.2, 0) is 17.7 Å². The Morgan fingerprint density at radius 2 is 2.14 bits per heavy atom. The molecular weight excluding hydrogens is 270 g/mol. The molecule has 0 fully saturated rings. The smallest absolute Gasteiger partial charge is 0.229 e. The molecule has 2 N–H and O–H groups in total. The minimum Gasteiger partial charge on any atom is -0.396 e. The van der Waals surface area contributed by atoms with Gasteiger partial charge in [-0.25, -0.2) is 0 Å². The van der Waals surface area contributed by atoms with E-state index in [2.05, 4.69) is 15.5 Å². The minimum absolute atomic E-state index is 0.0668. The van der Waals surface area contributed by atoms with Gasteiger partial charge >= 0.3 is 0 Å². The van der Waals surface area contributed by atoms with E-state index >= 15 is 0 Å². The largest absolute Gasteiger partial charge is 0.396 e. The van der Waals surface area contributed by atoms with Crippen LogP contribution in [-0.4, -0.2) is 35.6 Å². The van der Waals surface area contributed by atoms with Crippen molar-refractivity contribution < 1.29 is 14.4 Å². The lowest BCUT2D eigenvalue weighted by molar-refractivity contribution is 0.192. The molecule has 0 saturated heterocycles. The van der Waals surface area contributed by atoms with Gasteiger partial charge in [0.15, 0.2) is 5.82 Å². The van der Waals surface area contributed by atoms with Crippen LogP contribution in [0, 0.1) is 0 Å². The van der Waals surface area contributed by atoms with Gasteiger partial charge in [-0.1, -0.05) is 35.5 Å². The Morgan fingerprint density at radius 1 is 1.33 bits per heavy atom. The molecule has 0 spiro atoms. The second-order valence-corrected chi connectivity index (χ2v) is 4.70. The number of hydrogen-bond acceptors (Lipinski definition) is 6. The summed E-state index contributed by atoms with van der Waals surface area (Å²) >= 11 is 0. The molecular formula is C15H21N3O3. The molecule has 0 aliphatic rings. The van der Waals surface area contributed by atoms with Crippen molar-refractivity contribution in [2.45, 2.75) is 25.4 Å². The second kappa shape index (κ2) is 8.51. The first-order chi connectivity index (χ1) is 10.3. The van der Waals surface area contributed by atoms with E-state index in [-0.39, 0.29) is 12.6 Å². The van der Waals surface area contributed by atoms with Gasteiger partial charge in [-0.15, -0.1) is 0 Å². The van der Waals surface area contributed by atoms with Crippen molar-refractivity contribution in [3.8, 4) is 0 Å². The molecule has 0 radical (unpaired) electrons. The number of aliphatic hydroxyl groups excluding tert-OH is 1. The first kappa shape index (κ1) is 15.6. The van der Waals surface area contributed by atoms with Gasteiger partial charge < -0.3 is 19.7 Å². The molecule has 1 aromatic carbocycles. The number of methoxy groups -OCH3 is 1. The molecule has 6 nitrogen and oxygen atoms in total. The zero-order chi connectivity index (χ0) is 14.9. The van der Waals surface area contributed by atoms with Crippen molar-refractivity contribution in [3.05, 3.63) is 47.6 Å². The molecule has 0 aliphatic heterocycles. The van der Waals surface area contributed by atoms with Crippen LogP contribution in [0.15, 0.2) is 34.9 Å². The van der Waals surface area contributed by atoms with Gasteiger partial charge in [-0.2, -0.15) is 4.98 Å². The van der Waals surface area contributed by atoms with E-state index in [4.69, 9.17) is 9.26 Å². The summed E-state index contributed by atoms with van der Waals surface area (Å²) in [5, 5.41) is 16.5. The van der Waals surface area contributed by atoms with E-state index in [1.54, 1.807) is 7.11 Å². The average molecular weight is 291 g/mol. The van der Waals surface area contributed by atoms with Crippen LogP contribution < -0.4 is 5.32 Å². The van der Waals surface area contributed by atoms with Crippen LogP contribution in [0.25, 0.3) is 0 Å². The quantitative estimate of drug-likeness (QED) is 0.728. The standard InChI is InChI=1S/C15H21N3O3/c1-20-10-8-15-17-14(18-21-15)11-16-13(7-9-19)12-5-3-2-4-6-12/h2-6,13,16,19H,7-11H2,1H3. The van der Waals surface area contributed by atoms with Gasteiger partial charge in [0.05, 0.1) is 19.6 Å². The normalized spacial score (nSPS) is 12.5. The molecule has 114 valence electrons. The van der Waals surface area contributed by atoms with E-state index in [0.717, 1.165) is 5.56 Å². The van der Waals surface area contributed by atoms with E-state index < -0.39 is 0 Å². The Morgan fingerprint density at radius 3 is 2.86 bits per heavy atom. The minimum atomic E-state index is 0.0668. The highest BCUT2D eigenvalue weighted by molar-refractivity contribution is 5.18. The molecule has 1 heterocycles. The number of hydrogen-bond donors (Lipinski definition) is 2. The molecule has 1 aromatic heterocycles. The summed E-state index contributed by atoms with van der Waals surface area (Å²) in [5.41, 5.74) is 1.13. The van der Waals surface area contributed by atoms with Gasteiger partial charge in [-0.05, 0) is 12.0 Å². The zero-order valence-electron chi connectivity index (χ0n) is 12.2. The third-order valence-corrected chi connectivity index (χ3v) is 3.16. The van der Waals surface area contributed by atoms with Crippen molar-refractivity contribution >= 4 is 0 Å². The summed E-state index contributed by atoms with van der Waals surface area (Å²) in [6.07, 6.45) is 1.25. The van der Waals surface area contributed by atoms with Crippen LogP contribution in [0.1, 0.15) is 29.7 Å². The third kappa shape index (κ3) is 4.93. The molecule has 0 saturated carbocycles. The van der Waals surface area contributed by atoms with Crippen LogP contribution in [0.5, 0.6) is 0 Å². The number of ether oxygens (including phenoxy) is 1. The number of rotatable bonds is 9. The summed E-state index contributed by atoms with van der Waals surface area (Å²) in [4.78, 5) is 4.29. The number of aromatic nitrogens is 2. The molecule has 1 atom stereocenters. The lowest BCUT2D eigenvalue weighted by atomic mass is 10.0. The Balaban J connectivity index is 1.91. The van der Waals surface area contributed by atoms with Crippen molar-refractivity contribution in [3.63, 3.8) is 0 Å². The van der Waals surface area contributed by atoms with Crippen LogP contribution in [0.3, 0.4) is 0 Å². The van der Waals surface area contributed by atoms with E-state index in [0.29, 0.717) is 37.7 Å². The Labute approximate surface area is 124 Å². The second-order valence-electron chi connectivity index (χ2n) is 4.70. The SMILES string of the molecule is COCCc1nc(CNC(CCO)c2ccccc2)no1. The fourth-order valence-electron chi connectivity index (χ4n) is 2.07. The van der Waals surface area contributed by atoms with E-state index in [1.807, 2.05) is 30.3 Å². The highest BCUT2D eigenvalue weighted by Crippen LogP contribution is 2.16. The highest BCUT2D eigenvalue weighted by Gasteiger charge is 2.12. The van der Waals surface area contributed by atoms with Gasteiger partial charge in [0.25, 0.3) is 0 Å². The maximum atomic E-state index is 9.19. The molecule has 1 unspecified atom stereocenters. The van der Waals surface area contributed by atoms with Gasteiger partial charge in [0.1, 0.15) is 0 Å². The van der Waals surface area contributed by atoms with Crippen LogP contribution in [0.4, 0.5) is 0 Å². The van der Waals surface area contributed by atoms with Crippen molar-refractivity contribution in [1.29, 1.82) is 0 Å². The third-order valence-electron chi connectivity index (χ3n) is 3.16. The predicted octanol–water partition coefficient (Wildman–Crippen LogP) is 1.47. The predicted molar refractivity (Wildman–Crippen MR) is 77.6 cm³/mol. The molecule has 0 bridgehead atoms. The lowest BCUT2D eigenvalue weighted by Gasteiger charge is -2.17. The van der Waals surface area contributed by atoms with Crippen LogP contribution >= 0.6 is 0 Å². The highest BCUT2D eigenvalue weighted by atomic mass is 16.5. The average Bonchev–Trinajstić information content (AvgIpc) is 2.98. The molecule has 0 aliphatic carbocycles. The molecule has 0 amide bonds. The fourth-order valence-corrected chi connectivity index (χ4v) is 2.07. The van der Waals surface area contributed by atoms with Crippen molar-refractivity contribution in [1.82, 2.24) is 15.5 Å². The summed E-state index contributed by atoms with van der Waals surface area (Å²) in [5.74, 6) is 1.19. The fraction of sp³-hybridized carbons (Fsp3) is 0.467. The Kier molecular flexibility index (Phi) is 6.33. The molecule has 6 heteroatoms. The molecule has 2 aromatic rings. The first-order valence-electron chi connectivity index (χ1n) is 7.03. The zero-order valence-corrected chi connectivity index (χ0v) is 12.2. The monoisotopic (exact) mass is 291 g/mol. The molecule has 21 heavy (non-hydrogen) atoms. The topological polar surface area (TPSA) is 80.4 Å². The lowest BCUT2D eigenvalue weighted by Crippen LogP contribution is -2.22. The number of benzene rings is 1. The van der Waals surface area contributed by atoms with Crippen molar-refractivity contribution in [2.75, 3.05) is 20.3 Å². The maximum Gasteiger partial charge on any atom is 0.229 e.